The van der Waals surface area contributed by atoms with Gasteiger partial charge in [-0.25, -0.2) is 4.79 Å². The molecule has 3 unspecified atom stereocenters. The van der Waals surface area contributed by atoms with E-state index in [2.05, 4.69) is 35.5 Å². The number of carbonyl (C=O) groups is 3. The van der Waals surface area contributed by atoms with Crippen LogP contribution in [0.1, 0.15) is 39.2 Å². The molecule has 1 aliphatic rings. The number of ether oxygens (including phenoxy) is 1. The van der Waals surface area contributed by atoms with Crippen molar-refractivity contribution in [2.24, 2.45) is 23.7 Å². The second kappa shape index (κ2) is 12.2. The van der Waals surface area contributed by atoms with E-state index in [0.29, 0.717) is 31.3 Å². The standard InChI is InChI=1S/C23H33N3O5/c1-15(2)20-8-18(9-21(27)25-11-17-5-4-6-24-10-17)16(3)7-19(20)12-26-22(28)13-31-14-23(29)30/h4-7,10,15,18-20H,8-9,11-14H2,1-3H3,(H,25,27)(H,26,28)(H,29,30). The third kappa shape index (κ3) is 8.49. The molecule has 3 atom stereocenters. The number of carboxylic acid groups (broad SMARTS) is 1. The molecular weight excluding hydrogens is 398 g/mol. The first-order valence-electron chi connectivity index (χ1n) is 10.7. The molecule has 0 radical (unpaired) electrons. The fourth-order valence-electron chi connectivity index (χ4n) is 4.02. The van der Waals surface area contributed by atoms with Gasteiger partial charge in [-0.2, -0.15) is 0 Å². The summed E-state index contributed by atoms with van der Waals surface area (Å²) in [5.74, 6) is -0.340. The number of aliphatic carboxylic acids is 1. The summed E-state index contributed by atoms with van der Waals surface area (Å²) in [4.78, 5) is 38.9. The first-order valence-corrected chi connectivity index (χ1v) is 10.7. The van der Waals surface area contributed by atoms with Crippen molar-refractivity contribution in [3.8, 4) is 0 Å². The summed E-state index contributed by atoms with van der Waals surface area (Å²) >= 11 is 0. The molecule has 1 aromatic heterocycles. The Morgan fingerprint density at radius 2 is 2.00 bits per heavy atom. The van der Waals surface area contributed by atoms with Crippen molar-refractivity contribution in [3.63, 3.8) is 0 Å². The highest BCUT2D eigenvalue weighted by Crippen LogP contribution is 2.38. The number of nitrogens with zero attached hydrogens (tertiary/aromatic N) is 1. The zero-order valence-corrected chi connectivity index (χ0v) is 18.5. The van der Waals surface area contributed by atoms with Crippen molar-refractivity contribution in [1.29, 1.82) is 0 Å². The zero-order chi connectivity index (χ0) is 22.8. The van der Waals surface area contributed by atoms with Crippen molar-refractivity contribution in [3.05, 3.63) is 41.7 Å². The minimum Gasteiger partial charge on any atom is -0.480 e. The highest BCUT2D eigenvalue weighted by atomic mass is 16.5. The number of allylic oxidation sites excluding steroid dienone is 1. The molecule has 8 nitrogen and oxygen atoms in total. The Bertz CT molecular complexity index is 779. The maximum atomic E-state index is 12.5. The van der Waals surface area contributed by atoms with Gasteiger partial charge in [-0.1, -0.05) is 31.6 Å². The molecule has 3 N–H and O–H groups in total. The number of hydrogen-bond acceptors (Lipinski definition) is 5. The largest absolute Gasteiger partial charge is 0.480 e. The van der Waals surface area contributed by atoms with Gasteiger partial charge in [0, 0.05) is 31.9 Å². The third-order valence-electron chi connectivity index (χ3n) is 5.72. The van der Waals surface area contributed by atoms with Gasteiger partial charge in [-0.15, -0.1) is 0 Å². The molecule has 2 rings (SSSR count). The van der Waals surface area contributed by atoms with Crippen LogP contribution >= 0.6 is 0 Å². The quantitative estimate of drug-likeness (QED) is 0.462. The summed E-state index contributed by atoms with van der Waals surface area (Å²) in [5, 5.41) is 14.4. The molecule has 31 heavy (non-hydrogen) atoms. The highest BCUT2D eigenvalue weighted by Gasteiger charge is 2.32. The fraction of sp³-hybridized carbons (Fsp3) is 0.565. The van der Waals surface area contributed by atoms with Crippen LogP contribution in [-0.2, 0) is 25.7 Å². The maximum Gasteiger partial charge on any atom is 0.329 e. The Hall–Kier alpha value is -2.74. The molecule has 1 heterocycles. The Balaban J connectivity index is 1.88. The van der Waals surface area contributed by atoms with Crippen molar-refractivity contribution in [2.75, 3.05) is 19.8 Å². The van der Waals surface area contributed by atoms with Crippen molar-refractivity contribution in [2.45, 2.75) is 40.2 Å². The molecule has 0 aromatic carbocycles. The molecule has 170 valence electrons. The van der Waals surface area contributed by atoms with Crippen LogP contribution < -0.4 is 10.6 Å². The van der Waals surface area contributed by atoms with E-state index >= 15 is 0 Å². The monoisotopic (exact) mass is 431 g/mol. The van der Waals surface area contributed by atoms with E-state index in [1.165, 1.54) is 0 Å². The van der Waals surface area contributed by atoms with Crippen LogP contribution in [0, 0.1) is 23.7 Å². The van der Waals surface area contributed by atoms with E-state index in [0.717, 1.165) is 17.6 Å². The Morgan fingerprint density at radius 3 is 2.65 bits per heavy atom. The number of carbonyl (C=O) groups excluding carboxylic acids is 2. The van der Waals surface area contributed by atoms with E-state index in [-0.39, 0.29) is 30.3 Å². The molecule has 0 aliphatic heterocycles. The van der Waals surface area contributed by atoms with Gasteiger partial charge in [-0.3, -0.25) is 14.6 Å². The number of hydrogen-bond donors (Lipinski definition) is 3. The van der Waals surface area contributed by atoms with E-state index in [9.17, 15) is 14.4 Å². The van der Waals surface area contributed by atoms with E-state index in [1.54, 1.807) is 12.4 Å². The van der Waals surface area contributed by atoms with E-state index in [1.807, 2.05) is 19.1 Å². The number of pyridine rings is 1. The summed E-state index contributed by atoms with van der Waals surface area (Å²) in [6.07, 6.45) is 6.94. The second-order valence-corrected chi connectivity index (χ2v) is 8.45. The molecule has 0 bridgehead atoms. The predicted molar refractivity (Wildman–Crippen MR) is 116 cm³/mol. The van der Waals surface area contributed by atoms with Crippen LogP contribution in [0.4, 0.5) is 0 Å². The van der Waals surface area contributed by atoms with Crippen LogP contribution in [0.15, 0.2) is 36.2 Å². The number of amides is 2. The summed E-state index contributed by atoms with van der Waals surface area (Å²) in [5.41, 5.74) is 2.13. The number of rotatable bonds is 11. The first-order chi connectivity index (χ1) is 14.8. The lowest BCUT2D eigenvalue weighted by atomic mass is 9.69. The number of nitrogens with one attached hydrogen (secondary N) is 2. The summed E-state index contributed by atoms with van der Waals surface area (Å²) in [7, 11) is 0. The van der Waals surface area contributed by atoms with Gasteiger partial charge >= 0.3 is 5.97 Å². The molecule has 2 amide bonds. The van der Waals surface area contributed by atoms with Crippen LogP contribution in [0.5, 0.6) is 0 Å². The summed E-state index contributed by atoms with van der Waals surface area (Å²) in [6, 6.07) is 3.78. The topological polar surface area (TPSA) is 118 Å². The van der Waals surface area contributed by atoms with Gasteiger partial charge in [0.2, 0.25) is 11.8 Å². The molecule has 1 aromatic rings. The normalized spacial score (nSPS) is 20.8. The highest BCUT2D eigenvalue weighted by molar-refractivity contribution is 5.78. The lowest BCUT2D eigenvalue weighted by Gasteiger charge is -2.37. The van der Waals surface area contributed by atoms with Gasteiger partial charge in [0.1, 0.15) is 13.2 Å². The van der Waals surface area contributed by atoms with Gasteiger partial charge in [0.15, 0.2) is 0 Å². The SMILES string of the molecule is CC1=CC(CNC(=O)COCC(=O)O)C(C(C)C)CC1CC(=O)NCc1cccnc1. The van der Waals surface area contributed by atoms with Gasteiger partial charge in [0.25, 0.3) is 0 Å². The second-order valence-electron chi connectivity index (χ2n) is 8.45. The minimum absolute atomic E-state index is 0.0199. The molecule has 0 saturated heterocycles. The fourth-order valence-corrected chi connectivity index (χ4v) is 4.02. The van der Waals surface area contributed by atoms with Crippen LogP contribution in [0.3, 0.4) is 0 Å². The average molecular weight is 432 g/mol. The first kappa shape index (κ1) is 24.5. The molecular formula is C23H33N3O5. The average Bonchev–Trinajstić information content (AvgIpc) is 2.72. The summed E-state index contributed by atoms with van der Waals surface area (Å²) in [6.45, 7) is 6.53. The van der Waals surface area contributed by atoms with Crippen molar-refractivity contribution in [1.82, 2.24) is 15.6 Å². The van der Waals surface area contributed by atoms with Gasteiger partial charge in [0.05, 0.1) is 0 Å². The Labute approximate surface area is 183 Å². The smallest absolute Gasteiger partial charge is 0.329 e. The van der Waals surface area contributed by atoms with Gasteiger partial charge in [-0.05, 0) is 48.6 Å². The van der Waals surface area contributed by atoms with Crippen LogP contribution in [-0.4, -0.2) is 47.6 Å². The zero-order valence-electron chi connectivity index (χ0n) is 18.5. The Morgan fingerprint density at radius 1 is 1.23 bits per heavy atom. The van der Waals surface area contributed by atoms with E-state index in [4.69, 9.17) is 9.84 Å². The molecule has 0 saturated carbocycles. The molecule has 0 spiro atoms. The third-order valence-corrected chi connectivity index (χ3v) is 5.72. The molecule has 8 heteroatoms. The predicted octanol–water partition coefficient (Wildman–Crippen LogP) is 2.16. The van der Waals surface area contributed by atoms with Crippen molar-refractivity contribution < 1.29 is 24.2 Å². The van der Waals surface area contributed by atoms with Crippen LogP contribution in [0.25, 0.3) is 0 Å². The minimum atomic E-state index is -1.10. The van der Waals surface area contributed by atoms with Gasteiger partial charge < -0.3 is 20.5 Å². The number of carboxylic acids is 1. The number of aromatic nitrogens is 1. The van der Waals surface area contributed by atoms with Crippen molar-refractivity contribution >= 4 is 17.8 Å². The maximum absolute atomic E-state index is 12.5. The Kier molecular flexibility index (Phi) is 9.65. The molecule has 1 aliphatic carbocycles. The lowest BCUT2D eigenvalue weighted by molar-refractivity contribution is -0.143. The molecule has 0 fully saturated rings. The van der Waals surface area contributed by atoms with E-state index < -0.39 is 12.6 Å². The lowest BCUT2D eigenvalue weighted by Crippen LogP contribution is -2.39. The summed E-state index contributed by atoms with van der Waals surface area (Å²) < 4.78 is 4.83. The van der Waals surface area contributed by atoms with Crippen LogP contribution in [0.2, 0.25) is 0 Å².